The largest absolute Gasteiger partial charge is 0.489 e. The Balaban J connectivity index is 1.47. The van der Waals surface area contributed by atoms with Crippen LogP contribution in [0.25, 0.3) is 0 Å². The van der Waals surface area contributed by atoms with E-state index in [0.717, 1.165) is 0 Å². The second-order valence-corrected chi connectivity index (χ2v) is 6.03. The molecule has 3 aromatic rings. The number of fused-ring (bicyclic) bond motifs is 1. The summed E-state index contributed by atoms with van der Waals surface area (Å²) in [5.41, 5.74) is 1.10. The molecule has 0 saturated heterocycles. The van der Waals surface area contributed by atoms with Crippen molar-refractivity contribution in [2.75, 3.05) is 0 Å². The summed E-state index contributed by atoms with van der Waals surface area (Å²) in [5, 5.41) is 9.35. The Morgan fingerprint density at radius 1 is 1.03 bits per heavy atom. The fraction of sp³-hybridized carbons (Fsp3) is 0.0476. The average Bonchev–Trinajstić information content (AvgIpc) is 3.32. The first kappa shape index (κ1) is 18.0. The molecule has 0 fully saturated rings. The summed E-state index contributed by atoms with van der Waals surface area (Å²) in [6.07, 6.45) is 1.27. The van der Waals surface area contributed by atoms with E-state index in [4.69, 9.17) is 19.3 Å². The minimum atomic E-state index is -1.01. The van der Waals surface area contributed by atoms with Crippen LogP contribution in [0.3, 0.4) is 0 Å². The van der Waals surface area contributed by atoms with Gasteiger partial charge in [0.1, 0.15) is 12.4 Å². The third kappa shape index (κ3) is 3.33. The molecule has 8 heteroatoms. The van der Waals surface area contributed by atoms with Crippen molar-refractivity contribution in [3.63, 3.8) is 0 Å². The standard InChI is InChI=1S/C21H12N2O6/c22-11-13-4-3-5-15(10-13)28-12-14-8-9-27-18(14)21(26)29-23-19(24)16-6-1-2-7-17(16)20(23)25/h1-10H,12H2. The van der Waals surface area contributed by atoms with Gasteiger partial charge in [-0.3, -0.25) is 9.59 Å². The normalized spacial score (nSPS) is 12.4. The molecule has 2 heterocycles. The number of carbonyl (C=O) groups excluding carboxylic acids is 3. The molecule has 142 valence electrons. The van der Waals surface area contributed by atoms with Crippen molar-refractivity contribution >= 4 is 17.8 Å². The van der Waals surface area contributed by atoms with Crippen LogP contribution < -0.4 is 4.74 Å². The van der Waals surface area contributed by atoms with E-state index in [0.29, 0.717) is 21.9 Å². The van der Waals surface area contributed by atoms with Crippen LogP contribution in [0.5, 0.6) is 5.75 Å². The van der Waals surface area contributed by atoms with E-state index in [1.54, 1.807) is 36.4 Å². The molecule has 8 nitrogen and oxygen atoms in total. The summed E-state index contributed by atoms with van der Waals surface area (Å²) in [7, 11) is 0. The molecule has 0 N–H and O–H groups in total. The van der Waals surface area contributed by atoms with Gasteiger partial charge in [0.25, 0.3) is 11.8 Å². The topological polar surface area (TPSA) is 110 Å². The first-order chi connectivity index (χ1) is 14.1. The van der Waals surface area contributed by atoms with Crippen molar-refractivity contribution in [1.29, 1.82) is 5.26 Å². The molecule has 1 aliphatic rings. The third-order valence-corrected chi connectivity index (χ3v) is 4.22. The van der Waals surface area contributed by atoms with Crippen LogP contribution in [-0.2, 0) is 11.4 Å². The second kappa shape index (κ2) is 7.32. The molecule has 0 bridgehead atoms. The maximum absolute atomic E-state index is 12.5. The number of hydrogen-bond acceptors (Lipinski definition) is 7. The highest BCUT2D eigenvalue weighted by atomic mass is 16.7. The minimum Gasteiger partial charge on any atom is -0.489 e. The van der Waals surface area contributed by atoms with Crippen LogP contribution in [0, 0.1) is 11.3 Å². The van der Waals surface area contributed by atoms with E-state index in [1.807, 2.05) is 6.07 Å². The number of carbonyl (C=O) groups is 3. The van der Waals surface area contributed by atoms with E-state index in [9.17, 15) is 14.4 Å². The van der Waals surface area contributed by atoms with Gasteiger partial charge in [-0.15, -0.1) is 0 Å². The number of rotatable bonds is 5. The molecule has 0 saturated carbocycles. The highest BCUT2D eigenvalue weighted by Crippen LogP contribution is 2.24. The van der Waals surface area contributed by atoms with Crippen LogP contribution in [-0.4, -0.2) is 22.8 Å². The smallest absolute Gasteiger partial charge is 0.399 e. The van der Waals surface area contributed by atoms with Gasteiger partial charge in [-0.25, -0.2) is 4.79 Å². The summed E-state index contributed by atoms with van der Waals surface area (Å²) in [5.74, 6) is -2.22. The van der Waals surface area contributed by atoms with Gasteiger partial charge >= 0.3 is 5.97 Å². The van der Waals surface area contributed by atoms with E-state index in [2.05, 4.69) is 0 Å². The Bertz CT molecular complexity index is 1140. The second-order valence-electron chi connectivity index (χ2n) is 6.03. The van der Waals surface area contributed by atoms with Gasteiger partial charge < -0.3 is 14.0 Å². The highest BCUT2D eigenvalue weighted by molar-refractivity contribution is 6.21. The molecule has 29 heavy (non-hydrogen) atoms. The number of nitriles is 1. The molecule has 2 amide bonds. The zero-order valence-electron chi connectivity index (χ0n) is 14.8. The number of hydroxylamine groups is 2. The first-order valence-electron chi connectivity index (χ1n) is 8.48. The van der Waals surface area contributed by atoms with Crippen LogP contribution in [0.2, 0.25) is 0 Å². The van der Waals surface area contributed by atoms with E-state index >= 15 is 0 Å². The average molecular weight is 388 g/mol. The summed E-state index contributed by atoms with van der Waals surface area (Å²) in [6.45, 7) is -0.0437. The summed E-state index contributed by atoms with van der Waals surface area (Å²) < 4.78 is 10.7. The number of amides is 2. The fourth-order valence-electron chi connectivity index (χ4n) is 2.82. The van der Waals surface area contributed by atoms with Crippen molar-refractivity contribution in [1.82, 2.24) is 5.06 Å². The SMILES string of the molecule is N#Cc1cccc(OCc2ccoc2C(=O)ON2C(=O)c3ccccc3C2=O)c1. The number of nitrogens with zero attached hydrogens (tertiary/aromatic N) is 2. The summed E-state index contributed by atoms with van der Waals surface area (Å²) in [6, 6.07) is 16.2. The molecule has 0 spiro atoms. The van der Waals surface area contributed by atoms with Gasteiger partial charge in [0.05, 0.1) is 29.0 Å². The zero-order valence-corrected chi connectivity index (χ0v) is 14.8. The van der Waals surface area contributed by atoms with Crippen LogP contribution in [0.15, 0.2) is 65.3 Å². The van der Waals surface area contributed by atoms with Crippen LogP contribution >= 0.6 is 0 Å². The van der Waals surface area contributed by atoms with Crippen molar-refractivity contribution in [3.8, 4) is 11.8 Å². The number of imide groups is 1. The number of furan rings is 1. The van der Waals surface area contributed by atoms with E-state index < -0.39 is 17.8 Å². The summed E-state index contributed by atoms with van der Waals surface area (Å²) >= 11 is 0. The molecule has 2 aromatic carbocycles. The van der Waals surface area contributed by atoms with Gasteiger partial charge in [-0.2, -0.15) is 5.26 Å². The monoisotopic (exact) mass is 388 g/mol. The summed E-state index contributed by atoms with van der Waals surface area (Å²) in [4.78, 5) is 42.1. The van der Waals surface area contributed by atoms with Crippen LogP contribution in [0.4, 0.5) is 0 Å². The van der Waals surface area contributed by atoms with Crippen molar-refractivity contribution in [2.24, 2.45) is 0 Å². The van der Waals surface area contributed by atoms with Gasteiger partial charge in [-0.1, -0.05) is 23.3 Å². The molecule has 0 unspecified atom stereocenters. The van der Waals surface area contributed by atoms with Crippen molar-refractivity contribution in [3.05, 3.63) is 88.9 Å². The van der Waals surface area contributed by atoms with Crippen molar-refractivity contribution < 1.29 is 28.4 Å². The van der Waals surface area contributed by atoms with Gasteiger partial charge in [0.15, 0.2) is 0 Å². The Morgan fingerprint density at radius 2 is 1.76 bits per heavy atom. The fourth-order valence-corrected chi connectivity index (χ4v) is 2.82. The number of ether oxygens (including phenoxy) is 1. The lowest BCUT2D eigenvalue weighted by Gasteiger charge is -2.12. The number of hydrogen-bond donors (Lipinski definition) is 0. The maximum Gasteiger partial charge on any atom is 0.399 e. The van der Waals surface area contributed by atoms with Crippen LogP contribution in [0.1, 0.15) is 42.4 Å². The lowest BCUT2D eigenvalue weighted by molar-refractivity contribution is -0.0604. The zero-order chi connectivity index (χ0) is 20.4. The van der Waals surface area contributed by atoms with Gasteiger partial charge in [0, 0.05) is 5.56 Å². The third-order valence-electron chi connectivity index (χ3n) is 4.22. The molecule has 1 aromatic heterocycles. The molecular weight excluding hydrogens is 376 g/mol. The molecule has 0 aliphatic carbocycles. The molecular formula is C21H12N2O6. The number of benzene rings is 2. The maximum atomic E-state index is 12.5. The van der Waals surface area contributed by atoms with Gasteiger partial charge in [0.2, 0.25) is 5.76 Å². The van der Waals surface area contributed by atoms with Gasteiger partial charge in [-0.05, 0) is 36.4 Å². The predicted molar refractivity (Wildman–Crippen MR) is 96.6 cm³/mol. The Hall–Kier alpha value is -4.38. The molecule has 1 aliphatic heterocycles. The predicted octanol–water partition coefficient (Wildman–Crippen LogP) is 3.10. The van der Waals surface area contributed by atoms with E-state index in [1.165, 1.54) is 24.5 Å². The quantitative estimate of drug-likeness (QED) is 0.618. The van der Waals surface area contributed by atoms with Crippen molar-refractivity contribution in [2.45, 2.75) is 6.61 Å². The molecule has 0 atom stereocenters. The Kier molecular flexibility index (Phi) is 4.55. The lowest BCUT2D eigenvalue weighted by Crippen LogP contribution is -2.32. The molecule has 0 radical (unpaired) electrons. The van der Waals surface area contributed by atoms with E-state index in [-0.39, 0.29) is 23.5 Å². The Labute approximate surface area is 164 Å². The Morgan fingerprint density at radius 3 is 2.45 bits per heavy atom. The lowest BCUT2D eigenvalue weighted by atomic mass is 10.1. The first-order valence-corrected chi connectivity index (χ1v) is 8.48. The highest BCUT2D eigenvalue weighted by Gasteiger charge is 2.39. The molecule has 4 rings (SSSR count). The minimum absolute atomic E-state index is 0.0437.